The molecule has 11 unspecified atom stereocenters. The number of aliphatic hydroxyl groups is 6. The van der Waals surface area contributed by atoms with Crippen molar-refractivity contribution in [2.24, 2.45) is 23.7 Å². The molecule has 0 aromatic heterocycles. The molecular weight excluding hydrogens is 903 g/mol. The van der Waals surface area contributed by atoms with Crippen molar-refractivity contribution in [1.82, 2.24) is 0 Å². The predicted octanol–water partition coefficient (Wildman–Crippen LogP) is 5.61. The lowest BCUT2D eigenvalue weighted by atomic mass is 9.83. The second-order valence-corrected chi connectivity index (χ2v) is 18.7. The Morgan fingerprint density at radius 2 is 1.34 bits per heavy atom. The van der Waals surface area contributed by atoms with Crippen molar-refractivity contribution in [2.45, 2.75) is 152 Å². The summed E-state index contributed by atoms with van der Waals surface area (Å²) in [7, 11) is 1.42. The standard InChI is InChI=1S/C54H75NO15/c1-35-18-15-13-11-9-7-5-6-8-10-12-14-16-21-45(68-4)31-49-51(53(65)66)48(63)34-54(67,70-49)33-44(60)29-43(59)28-42(58)27-40(56)19-17-20-41(57)30-50(64)69-52(35)37(3)26-36(2)46(61)32-47(62)38-22-24-39(55)25-23-38/h5-16,18,21-25,35-37,42-46,48-49,51-52,58-61,63,67H,17,19-20,26-34,55H2,1-4H3,(H,65,66)/b6-5+,9-7+,10-8+,13-11+,14-12+,18-15+,21-16+/t35?,36?,37?,42?,43?,44?,45-,46?,48?,49?,51+,52?,54?/m0/s1. The van der Waals surface area contributed by atoms with Crippen LogP contribution in [0.3, 0.4) is 0 Å². The molecule has 1 aromatic carbocycles. The number of ether oxygens (including phenoxy) is 3. The Balaban J connectivity index is 1.76. The van der Waals surface area contributed by atoms with Crippen molar-refractivity contribution in [3.05, 3.63) is 115 Å². The molecule has 16 heteroatoms. The molecule has 0 aliphatic carbocycles. The number of carbonyl (C=O) groups excluding carboxylic acids is 4. The van der Waals surface area contributed by atoms with Crippen LogP contribution in [0.4, 0.5) is 5.69 Å². The van der Waals surface area contributed by atoms with Crippen LogP contribution in [0.5, 0.6) is 0 Å². The molecule has 2 aliphatic rings. The minimum atomic E-state index is -2.17. The van der Waals surface area contributed by atoms with E-state index >= 15 is 0 Å². The maximum atomic E-state index is 13.2. The van der Waals surface area contributed by atoms with E-state index in [-0.39, 0.29) is 74.9 Å². The number of aliphatic carboxylic acids is 1. The number of nitrogens with two attached hydrogens (primary N) is 1. The molecule has 1 aromatic rings. The number of carboxylic acid groups (broad SMARTS) is 1. The van der Waals surface area contributed by atoms with Gasteiger partial charge in [-0.1, -0.05) is 106 Å². The van der Waals surface area contributed by atoms with Crippen molar-refractivity contribution in [3.8, 4) is 0 Å². The Kier molecular flexibility index (Phi) is 25.8. The van der Waals surface area contributed by atoms with Crippen molar-refractivity contribution in [3.63, 3.8) is 0 Å². The van der Waals surface area contributed by atoms with Crippen molar-refractivity contribution in [2.75, 3.05) is 12.8 Å². The molecular formula is C54H75NO15. The monoisotopic (exact) mass is 978 g/mol. The van der Waals surface area contributed by atoms with E-state index in [2.05, 4.69) is 0 Å². The first-order valence-corrected chi connectivity index (χ1v) is 24.1. The molecule has 1 saturated heterocycles. The summed E-state index contributed by atoms with van der Waals surface area (Å²) in [5.74, 6) is -7.71. The number of anilines is 1. The van der Waals surface area contributed by atoms with Crippen LogP contribution in [0, 0.1) is 23.7 Å². The first-order valence-electron chi connectivity index (χ1n) is 24.1. The summed E-state index contributed by atoms with van der Waals surface area (Å²) in [6.45, 7) is 5.58. The van der Waals surface area contributed by atoms with Crippen LogP contribution in [0.25, 0.3) is 0 Å². The number of rotatable bonds is 9. The molecule has 16 nitrogen and oxygen atoms in total. The molecule has 13 atom stereocenters. The largest absolute Gasteiger partial charge is 0.481 e. The predicted molar refractivity (Wildman–Crippen MR) is 264 cm³/mol. The highest BCUT2D eigenvalue weighted by Gasteiger charge is 2.50. The third-order valence-electron chi connectivity index (χ3n) is 12.5. The Morgan fingerprint density at radius 1 is 0.786 bits per heavy atom. The SMILES string of the molecule is CO[C@H]1/C=C/C=C/C=C/C=C/C=C/C=C/C=C/C(C)C(C(C)CC(C)C(O)CC(=O)c2ccc(N)cc2)OC(=O)CC(=O)CCCC(=O)CC(O)CC(O)CC(O)CC2(O)CC(O)[C@@H](C(=O)O)C(C1)O2. The number of hydrogen-bond donors (Lipinski definition) is 8. The zero-order chi connectivity index (χ0) is 51.8. The molecule has 0 amide bonds. The highest BCUT2D eigenvalue weighted by Crippen LogP contribution is 2.37. The number of Topliss-reactive ketones (excluding diaryl/α,β-unsaturated/α-hetero) is 3. The normalized spacial score (nSPS) is 33.5. The number of cyclic esters (lactones) is 1. The summed E-state index contributed by atoms with van der Waals surface area (Å²) in [5, 5.41) is 75.2. The Labute approximate surface area is 411 Å². The van der Waals surface area contributed by atoms with Gasteiger partial charge in [0.25, 0.3) is 0 Å². The van der Waals surface area contributed by atoms with Crippen LogP contribution in [-0.2, 0) is 33.4 Å². The topological polar surface area (TPSA) is 281 Å². The lowest BCUT2D eigenvalue weighted by Crippen LogP contribution is -2.56. The van der Waals surface area contributed by atoms with Gasteiger partial charge < -0.3 is 55.7 Å². The number of benzene rings is 1. The van der Waals surface area contributed by atoms with E-state index < -0.39 is 103 Å². The Hall–Kier alpha value is -5.17. The molecule has 2 bridgehead atoms. The highest BCUT2D eigenvalue weighted by atomic mass is 16.6. The van der Waals surface area contributed by atoms with E-state index in [1.54, 1.807) is 54.6 Å². The molecule has 3 rings (SSSR count). The number of esters is 1. The minimum absolute atomic E-state index is 0.0612. The number of hydrogen-bond acceptors (Lipinski definition) is 15. The van der Waals surface area contributed by atoms with Crippen molar-refractivity contribution >= 4 is 35.0 Å². The lowest BCUT2D eigenvalue weighted by molar-refractivity contribution is -0.300. The van der Waals surface area contributed by atoms with E-state index in [0.29, 0.717) is 17.7 Å². The zero-order valence-electron chi connectivity index (χ0n) is 40.8. The van der Waals surface area contributed by atoms with E-state index in [0.717, 1.165) is 0 Å². The molecule has 1 fully saturated rings. The summed E-state index contributed by atoms with van der Waals surface area (Å²) < 4.78 is 17.3. The summed E-state index contributed by atoms with van der Waals surface area (Å²) in [6, 6.07) is 6.47. The number of ketones is 3. The van der Waals surface area contributed by atoms with Gasteiger partial charge in [0, 0.05) is 69.2 Å². The van der Waals surface area contributed by atoms with Gasteiger partial charge in [-0.25, -0.2) is 0 Å². The van der Waals surface area contributed by atoms with Crippen molar-refractivity contribution < 1.29 is 73.9 Å². The summed E-state index contributed by atoms with van der Waals surface area (Å²) in [4.78, 5) is 64.0. The van der Waals surface area contributed by atoms with Crippen LogP contribution >= 0.6 is 0 Å². The van der Waals surface area contributed by atoms with Crippen molar-refractivity contribution in [1.29, 1.82) is 0 Å². The molecule has 70 heavy (non-hydrogen) atoms. The summed E-state index contributed by atoms with van der Waals surface area (Å²) in [6.07, 6.45) is 13.5. The molecule has 0 radical (unpaired) electrons. The zero-order valence-corrected chi connectivity index (χ0v) is 40.8. The van der Waals surface area contributed by atoms with Gasteiger partial charge in [-0.2, -0.15) is 0 Å². The van der Waals surface area contributed by atoms with Gasteiger partial charge in [-0.3, -0.25) is 24.0 Å². The number of allylic oxidation sites excluding steroid dienone is 12. The third-order valence-corrected chi connectivity index (χ3v) is 12.5. The molecule has 9 N–H and O–H groups in total. The molecule has 2 aliphatic heterocycles. The highest BCUT2D eigenvalue weighted by molar-refractivity contribution is 5.97. The quantitative estimate of drug-likeness (QED) is 0.0647. The van der Waals surface area contributed by atoms with Crippen LogP contribution in [0.15, 0.2) is 109 Å². The molecule has 0 spiro atoms. The second-order valence-electron chi connectivity index (χ2n) is 18.7. The maximum absolute atomic E-state index is 13.2. The molecule has 2 heterocycles. The summed E-state index contributed by atoms with van der Waals surface area (Å²) >= 11 is 0. The van der Waals surface area contributed by atoms with E-state index in [9.17, 15) is 59.7 Å². The lowest BCUT2D eigenvalue weighted by Gasteiger charge is -2.44. The fourth-order valence-corrected chi connectivity index (χ4v) is 8.76. The average Bonchev–Trinajstić information content (AvgIpc) is 3.26. The maximum Gasteiger partial charge on any atom is 0.313 e. The van der Waals surface area contributed by atoms with Crippen LogP contribution < -0.4 is 5.73 Å². The number of fused-ring (bicyclic) bond motifs is 2. The van der Waals surface area contributed by atoms with Gasteiger partial charge in [0.1, 0.15) is 30.0 Å². The third kappa shape index (κ3) is 21.9. The van der Waals surface area contributed by atoms with Crippen LogP contribution in [-0.4, -0.2) is 127 Å². The minimum Gasteiger partial charge on any atom is -0.481 e. The number of aliphatic hydroxyl groups excluding tert-OH is 5. The van der Waals surface area contributed by atoms with Gasteiger partial charge in [0.05, 0.1) is 42.7 Å². The van der Waals surface area contributed by atoms with Gasteiger partial charge in [0.15, 0.2) is 11.6 Å². The van der Waals surface area contributed by atoms with Gasteiger partial charge >= 0.3 is 11.9 Å². The van der Waals surface area contributed by atoms with Gasteiger partial charge in [-0.05, 0) is 61.8 Å². The fraction of sp³-hybridized carbons (Fsp3) is 0.537. The number of methoxy groups -OCH3 is 1. The van der Waals surface area contributed by atoms with Gasteiger partial charge in [-0.15, -0.1) is 0 Å². The summed E-state index contributed by atoms with van der Waals surface area (Å²) in [5.41, 5.74) is 6.70. The van der Waals surface area contributed by atoms with Crippen LogP contribution in [0.2, 0.25) is 0 Å². The Bertz CT molecular complexity index is 2040. The number of carbonyl (C=O) groups is 5. The Morgan fingerprint density at radius 3 is 1.93 bits per heavy atom. The van der Waals surface area contributed by atoms with Crippen LogP contribution in [0.1, 0.15) is 108 Å². The van der Waals surface area contributed by atoms with E-state index in [1.807, 2.05) is 75.5 Å². The fourth-order valence-electron chi connectivity index (χ4n) is 8.76. The smallest absolute Gasteiger partial charge is 0.313 e. The van der Waals surface area contributed by atoms with Gasteiger partial charge in [0.2, 0.25) is 0 Å². The first kappa shape index (κ1) is 59.1. The molecule has 0 saturated carbocycles. The average molecular weight is 978 g/mol. The van der Waals surface area contributed by atoms with E-state index in [4.69, 9.17) is 19.9 Å². The number of nitrogen functional groups attached to an aromatic ring is 1. The molecule has 386 valence electrons. The second kappa shape index (κ2) is 30.5. The first-order chi connectivity index (χ1) is 33.2. The van der Waals surface area contributed by atoms with E-state index in [1.165, 1.54) is 7.11 Å². The number of carboxylic acids is 1.